The number of nitrogen functional groups attached to an aromatic ring is 1. The number of anilines is 1. The maximum absolute atomic E-state index is 12.9. The van der Waals surface area contributed by atoms with Crippen molar-refractivity contribution < 1.29 is 23.1 Å². The van der Waals surface area contributed by atoms with Gasteiger partial charge in [0.15, 0.2) is 6.04 Å². The van der Waals surface area contributed by atoms with Gasteiger partial charge in [0.1, 0.15) is 5.82 Å². The van der Waals surface area contributed by atoms with Gasteiger partial charge in [0.25, 0.3) is 0 Å². The van der Waals surface area contributed by atoms with Crippen LogP contribution < -0.4 is 5.73 Å². The summed E-state index contributed by atoms with van der Waals surface area (Å²) in [5.74, 6) is -1.36. The zero-order valence-corrected chi connectivity index (χ0v) is 11.8. The highest BCUT2D eigenvalue weighted by molar-refractivity contribution is 5.72. The third-order valence-electron chi connectivity index (χ3n) is 3.91. The molecule has 3 rings (SSSR count). The first-order valence-electron chi connectivity index (χ1n) is 6.89. The number of nitrogens with zero attached hydrogens (tertiary/aromatic N) is 3. The first kappa shape index (κ1) is 15.3. The van der Waals surface area contributed by atoms with E-state index < -0.39 is 29.7 Å². The molecule has 0 bridgehead atoms. The van der Waals surface area contributed by atoms with E-state index in [2.05, 4.69) is 10.1 Å². The third-order valence-corrected chi connectivity index (χ3v) is 3.91. The molecule has 2 atom stereocenters. The Morgan fingerprint density at radius 1 is 1.35 bits per heavy atom. The number of benzene rings is 1. The van der Waals surface area contributed by atoms with E-state index in [1.165, 1.54) is 10.7 Å². The van der Waals surface area contributed by atoms with Crippen LogP contribution in [0.1, 0.15) is 41.8 Å². The lowest BCUT2D eigenvalue weighted by atomic mass is 9.87. The van der Waals surface area contributed by atoms with Gasteiger partial charge in [-0.25, -0.2) is 9.48 Å². The molecule has 0 amide bonds. The molecule has 23 heavy (non-hydrogen) atoms. The zero-order valence-electron chi connectivity index (χ0n) is 11.8. The molecule has 0 radical (unpaired) electrons. The first-order chi connectivity index (χ1) is 10.8. The molecule has 1 aliphatic rings. The van der Waals surface area contributed by atoms with E-state index in [1.54, 1.807) is 6.07 Å². The Kier molecular flexibility index (Phi) is 3.50. The van der Waals surface area contributed by atoms with Crippen molar-refractivity contribution in [2.75, 3.05) is 5.73 Å². The van der Waals surface area contributed by atoms with Gasteiger partial charge in [-0.2, -0.15) is 18.2 Å². The van der Waals surface area contributed by atoms with Crippen molar-refractivity contribution in [2.45, 2.75) is 31.0 Å². The van der Waals surface area contributed by atoms with Crippen LogP contribution in [0.3, 0.4) is 0 Å². The molecule has 0 spiro atoms. The third kappa shape index (κ3) is 2.73. The maximum Gasteiger partial charge on any atom is 0.416 e. The van der Waals surface area contributed by atoms with Crippen LogP contribution in [0.25, 0.3) is 0 Å². The minimum Gasteiger partial charge on any atom is -0.480 e. The van der Waals surface area contributed by atoms with Crippen LogP contribution in [-0.4, -0.2) is 25.8 Å². The monoisotopic (exact) mass is 326 g/mol. The number of aliphatic carboxylic acids is 1. The fraction of sp³-hybridized carbons (Fsp3) is 0.357. The summed E-state index contributed by atoms with van der Waals surface area (Å²) in [6, 6.07) is 4.03. The van der Waals surface area contributed by atoms with Gasteiger partial charge in [-0.3, -0.25) is 0 Å². The van der Waals surface area contributed by atoms with Crippen molar-refractivity contribution in [1.82, 2.24) is 14.8 Å². The molecule has 0 fully saturated rings. The number of aromatic nitrogens is 3. The normalized spacial score (nSPS) is 21.0. The molecule has 9 heteroatoms. The zero-order chi connectivity index (χ0) is 16.8. The number of nitrogens with two attached hydrogens (primary N) is 1. The molecule has 122 valence electrons. The summed E-state index contributed by atoms with van der Waals surface area (Å²) in [6.07, 6.45) is -3.84. The molecule has 1 aliphatic heterocycles. The van der Waals surface area contributed by atoms with Crippen LogP contribution in [-0.2, 0) is 11.0 Å². The summed E-state index contributed by atoms with van der Waals surface area (Å²) in [7, 11) is 0. The summed E-state index contributed by atoms with van der Waals surface area (Å²) in [4.78, 5) is 15.3. The quantitative estimate of drug-likeness (QED) is 0.884. The van der Waals surface area contributed by atoms with E-state index in [0.29, 0.717) is 12.0 Å². The Balaban J connectivity index is 2.04. The molecule has 6 nitrogen and oxygen atoms in total. The highest BCUT2D eigenvalue weighted by Gasteiger charge is 2.36. The number of hydrogen-bond donors (Lipinski definition) is 2. The summed E-state index contributed by atoms with van der Waals surface area (Å²) in [5.41, 5.74) is 5.20. The van der Waals surface area contributed by atoms with E-state index in [4.69, 9.17) is 5.73 Å². The first-order valence-corrected chi connectivity index (χ1v) is 6.89. The van der Waals surface area contributed by atoms with Crippen LogP contribution >= 0.6 is 0 Å². The number of rotatable bonds is 2. The highest BCUT2D eigenvalue weighted by Crippen LogP contribution is 2.39. The van der Waals surface area contributed by atoms with Gasteiger partial charge in [0, 0.05) is 5.92 Å². The molecule has 1 aromatic carbocycles. The van der Waals surface area contributed by atoms with Crippen LogP contribution in [0.5, 0.6) is 0 Å². The predicted molar refractivity (Wildman–Crippen MR) is 73.6 cm³/mol. The Bertz CT molecular complexity index is 757. The second-order valence-electron chi connectivity index (χ2n) is 5.38. The van der Waals surface area contributed by atoms with Crippen molar-refractivity contribution >= 4 is 11.9 Å². The summed E-state index contributed by atoms with van der Waals surface area (Å²) < 4.78 is 39.8. The van der Waals surface area contributed by atoms with Crippen LogP contribution in [0.2, 0.25) is 0 Å². The van der Waals surface area contributed by atoms with Gasteiger partial charge in [-0.05, 0) is 24.5 Å². The SMILES string of the molecule is Nc1nc2n(n1)C(C(=O)O)CCC2c1cccc(C(F)(F)F)c1. The molecular weight excluding hydrogens is 313 g/mol. The number of carbonyl (C=O) groups is 1. The van der Waals surface area contributed by atoms with Crippen molar-refractivity contribution in [2.24, 2.45) is 0 Å². The predicted octanol–water partition coefficient (Wildman–Crippen LogP) is 2.43. The molecule has 0 saturated heterocycles. The fourth-order valence-electron chi connectivity index (χ4n) is 2.87. The van der Waals surface area contributed by atoms with E-state index in [0.717, 1.165) is 12.1 Å². The molecule has 1 aromatic heterocycles. The number of fused-ring (bicyclic) bond motifs is 1. The molecule has 0 saturated carbocycles. The van der Waals surface area contributed by atoms with Crippen LogP contribution in [0, 0.1) is 0 Å². The topological polar surface area (TPSA) is 94.0 Å². The Morgan fingerprint density at radius 3 is 2.74 bits per heavy atom. The molecular formula is C14H13F3N4O2. The van der Waals surface area contributed by atoms with E-state index >= 15 is 0 Å². The minimum atomic E-state index is -4.44. The average Bonchev–Trinajstić information content (AvgIpc) is 2.86. The van der Waals surface area contributed by atoms with Gasteiger partial charge >= 0.3 is 12.1 Å². The van der Waals surface area contributed by atoms with Gasteiger partial charge in [0.2, 0.25) is 5.95 Å². The Labute approximate surface area is 128 Å². The van der Waals surface area contributed by atoms with Crippen molar-refractivity contribution in [3.05, 3.63) is 41.2 Å². The van der Waals surface area contributed by atoms with Gasteiger partial charge in [-0.15, -0.1) is 5.10 Å². The van der Waals surface area contributed by atoms with E-state index in [-0.39, 0.29) is 18.2 Å². The average molecular weight is 326 g/mol. The summed E-state index contributed by atoms with van der Waals surface area (Å²) >= 11 is 0. The molecule has 2 unspecified atom stereocenters. The number of halogens is 3. The number of hydrogen-bond acceptors (Lipinski definition) is 4. The molecule has 3 N–H and O–H groups in total. The number of alkyl halides is 3. The van der Waals surface area contributed by atoms with Crippen LogP contribution in [0.4, 0.5) is 19.1 Å². The van der Waals surface area contributed by atoms with Crippen LogP contribution in [0.15, 0.2) is 24.3 Å². The van der Waals surface area contributed by atoms with Crippen molar-refractivity contribution in [3.63, 3.8) is 0 Å². The number of carboxylic acid groups (broad SMARTS) is 1. The Morgan fingerprint density at radius 2 is 2.09 bits per heavy atom. The molecule has 2 aromatic rings. The standard InChI is InChI=1S/C14H13F3N4O2/c15-14(16,17)8-3-1-2-7(6-8)9-4-5-10(12(22)23)21-11(9)19-13(18)20-21/h1-3,6,9-10H,4-5H2,(H2,18,20)(H,22,23). The minimum absolute atomic E-state index is 0.0925. The lowest BCUT2D eigenvalue weighted by Crippen LogP contribution is -2.28. The summed E-state index contributed by atoms with van der Waals surface area (Å²) in [6.45, 7) is 0. The molecule has 0 aliphatic carbocycles. The van der Waals surface area contributed by atoms with Gasteiger partial charge in [0.05, 0.1) is 5.56 Å². The maximum atomic E-state index is 12.9. The lowest BCUT2D eigenvalue weighted by Gasteiger charge is -2.27. The number of carboxylic acids is 1. The highest BCUT2D eigenvalue weighted by atomic mass is 19.4. The fourth-order valence-corrected chi connectivity index (χ4v) is 2.87. The second-order valence-corrected chi connectivity index (χ2v) is 5.38. The van der Waals surface area contributed by atoms with Crippen molar-refractivity contribution in [1.29, 1.82) is 0 Å². The van der Waals surface area contributed by atoms with Crippen molar-refractivity contribution in [3.8, 4) is 0 Å². The summed E-state index contributed by atoms with van der Waals surface area (Å²) in [5, 5.41) is 13.1. The Hall–Kier alpha value is -2.58. The van der Waals surface area contributed by atoms with E-state index in [1.807, 2.05) is 0 Å². The second kappa shape index (κ2) is 5.25. The van der Waals surface area contributed by atoms with Gasteiger partial charge < -0.3 is 10.8 Å². The largest absolute Gasteiger partial charge is 0.480 e. The smallest absolute Gasteiger partial charge is 0.416 e. The van der Waals surface area contributed by atoms with E-state index in [9.17, 15) is 23.1 Å². The lowest BCUT2D eigenvalue weighted by molar-refractivity contribution is -0.142. The molecule has 2 heterocycles. The van der Waals surface area contributed by atoms with Gasteiger partial charge in [-0.1, -0.05) is 18.2 Å².